The van der Waals surface area contributed by atoms with Crippen LogP contribution in [0.15, 0.2) is 24.3 Å². The molecule has 2 unspecified atom stereocenters. The molecule has 0 aliphatic carbocycles. The molecule has 0 saturated heterocycles. The maximum absolute atomic E-state index is 11.8. The van der Waals surface area contributed by atoms with Crippen LogP contribution in [0.4, 0.5) is 0 Å². The lowest BCUT2D eigenvalue weighted by molar-refractivity contribution is -0.313. The molecule has 0 heterocycles. The highest BCUT2D eigenvalue weighted by molar-refractivity contribution is 5.68. The summed E-state index contributed by atoms with van der Waals surface area (Å²) in [4.78, 5) is 23.6. The van der Waals surface area contributed by atoms with Gasteiger partial charge in [0.1, 0.15) is 11.5 Å². The van der Waals surface area contributed by atoms with Gasteiger partial charge in [-0.1, -0.05) is 65.8 Å². The Balaban J connectivity index is 1.81. The van der Waals surface area contributed by atoms with Crippen molar-refractivity contribution >= 4 is 11.9 Å². The van der Waals surface area contributed by atoms with Crippen molar-refractivity contribution in [2.75, 3.05) is 26.4 Å². The van der Waals surface area contributed by atoms with Crippen LogP contribution in [0.2, 0.25) is 0 Å². The highest BCUT2D eigenvalue weighted by Gasteiger charge is 2.23. The number of rotatable bonds is 15. The summed E-state index contributed by atoms with van der Waals surface area (Å²) in [5.41, 5.74) is 4.04. The lowest BCUT2D eigenvalue weighted by atomic mass is 9.83. The summed E-state index contributed by atoms with van der Waals surface area (Å²) in [5, 5.41) is 44.5. The van der Waals surface area contributed by atoms with Gasteiger partial charge in [-0.3, -0.25) is 0 Å². The summed E-state index contributed by atoms with van der Waals surface area (Å²) in [6, 6.07) is 7.33. The zero-order valence-corrected chi connectivity index (χ0v) is 26.5. The number of benzene rings is 2. The van der Waals surface area contributed by atoms with E-state index in [0.29, 0.717) is 11.1 Å². The van der Waals surface area contributed by atoms with Crippen molar-refractivity contribution in [3.63, 3.8) is 0 Å². The summed E-state index contributed by atoms with van der Waals surface area (Å²) < 4.78 is 11.2. The Morgan fingerprint density at radius 2 is 1.00 bits per heavy atom. The first-order valence-electron chi connectivity index (χ1n) is 14.6. The third kappa shape index (κ3) is 10.3. The number of ether oxygens (including phenoxy) is 2. The Morgan fingerprint density at radius 1 is 0.667 bits per heavy atom. The van der Waals surface area contributed by atoms with Crippen molar-refractivity contribution in [1.29, 1.82) is 0 Å². The third-order valence-electron chi connectivity index (χ3n) is 7.56. The number of hydrogen-bond donors (Lipinski definition) is 2. The Labute approximate surface area is 250 Å². The molecule has 42 heavy (non-hydrogen) atoms. The first-order chi connectivity index (χ1) is 19.4. The Bertz CT molecular complexity index is 1120. The number of hydrogen-bond acceptors (Lipinski definition) is 8. The predicted octanol–water partition coefficient (Wildman–Crippen LogP) is 3.64. The van der Waals surface area contributed by atoms with Gasteiger partial charge in [-0.15, -0.1) is 0 Å². The number of aliphatic carboxylic acids is 2. The molecule has 2 atom stereocenters. The van der Waals surface area contributed by atoms with Crippen molar-refractivity contribution in [3.8, 4) is 11.5 Å². The molecular formula is C34H48O8-2. The van der Waals surface area contributed by atoms with Crippen LogP contribution >= 0.6 is 0 Å². The van der Waals surface area contributed by atoms with E-state index in [1.54, 1.807) is 26.0 Å². The number of carbonyl (C=O) groups excluding carboxylic acids is 2. The number of phenolic OH excluding ortho intramolecular Hbond substituents is 2. The minimum Gasteiger partial charge on any atom is -0.550 e. The van der Waals surface area contributed by atoms with Crippen molar-refractivity contribution in [2.24, 2.45) is 11.8 Å². The van der Waals surface area contributed by atoms with E-state index in [0.717, 1.165) is 22.3 Å². The molecule has 234 valence electrons. The molecule has 0 amide bonds. The molecule has 0 aliphatic heterocycles. The van der Waals surface area contributed by atoms with E-state index in [2.05, 4.69) is 0 Å². The Hall–Kier alpha value is -3.10. The molecule has 8 heteroatoms. The van der Waals surface area contributed by atoms with Gasteiger partial charge in [0.25, 0.3) is 0 Å². The van der Waals surface area contributed by atoms with Crippen molar-refractivity contribution < 1.29 is 39.5 Å². The van der Waals surface area contributed by atoms with E-state index < -0.39 is 23.8 Å². The average Bonchev–Trinajstić information content (AvgIpc) is 2.86. The van der Waals surface area contributed by atoms with Crippen LogP contribution in [-0.2, 0) is 42.7 Å². The molecule has 2 aromatic carbocycles. The third-order valence-corrected chi connectivity index (χ3v) is 7.56. The van der Waals surface area contributed by atoms with E-state index in [4.69, 9.17) is 9.47 Å². The van der Waals surface area contributed by atoms with Crippen molar-refractivity contribution in [2.45, 2.75) is 91.9 Å². The highest BCUT2D eigenvalue weighted by atomic mass is 16.5. The minimum absolute atomic E-state index is 0.211. The molecule has 0 saturated carbocycles. The van der Waals surface area contributed by atoms with Crippen LogP contribution in [-0.4, -0.2) is 48.6 Å². The second-order valence-corrected chi connectivity index (χ2v) is 13.4. The number of aromatic hydroxyl groups is 2. The molecule has 2 rings (SSSR count). The number of carbonyl (C=O) groups is 2. The Kier molecular flexibility index (Phi) is 12.4. The topological polar surface area (TPSA) is 139 Å². The van der Waals surface area contributed by atoms with E-state index in [1.807, 2.05) is 53.7 Å². The van der Waals surface area contributed by atoms with Crippen LogP contribution in [0.1, 0.15) is 87.8 Å². The van der Waals surface area contributed by atoms with E-state index in [-0.39, 0.29) is 74.4 Å². The molecule has 2 N–H and O–H groups in total. The lowest BCUT2D eigenvalue weighted by Gasteiger charge is -2.24. The van der Waals surface area contributed by atoms with Crippen LogP contribution in [0.3, 0.4) is 0 Å². The molecule has 0 aromatic heterocycles. The average molecular weight is 585 g/mol. The van der Waals surface area contributed by atoms with Crippen LogP contribution in [0.5, 0.6) is 11.5 Å². The molecule has 0 radical (unpaired) electrons. The van der Waals surface area contributed by atoms with Crippen LogP contribution in [0, 0.1) is 25.7 Å². The number of aryl methyl sites for hydroxylation is 2. The molecule has 8 nitrogen and oxygen atoms in total. The normalized spacial score (nSPS) is 13.6. The monoisotopic (exact) mass is 584 g/mol. The van der Waals surface area contributed by atoms with Crippen molar-refractivity contribution in [1.82, 2.24) is 0 Å². The number of carboxylic acid groups (broad SMARTS) is 2. The van der Waals surface area contributed by atoms with Gasteiger partial charge in [-0.2, -0.15) is 0 Å². The first kappa shape index (κ1) is 35.1. The predicted molar refractivity (Wildman–Crippen MR) is 158 cm³/mol. The zero-order valence-electron chi connectivity index (χ0n) is 26.5. The Morgan fingerprint density at radius 3 is 1.29 bits per heavy atom. The maximum Gasteiger partial charge on any atom is 0.122 e. The van der Waals surface area contributed by atoms with E-state index in [9.17, 15) is 30.0 Å². The summed E-state index contributed by atoms with van der Waals surface area (Å²) >= 11 is 0. The minimum atomic E-state index is -1.15. The number of carboxylic acids is 2. The van der Waals surface area contributed by atoms with Gasteiger partial charge in [0.05, 0.1) is 13.2 Å². The SMILES string of the molecule is Cc1cc(CC(CCOCCOCCC(Cc2cc(C)c(O)c(C(C)(C)C)c2)C(=O)[O-])C(=O)[O-])cc(C(C)(C)C)c1O. The molecule has 0 bridgehead atoms. The molecule has 2 aromatic rings. The van der Waals surface area contributed by atoms with Gasteiger partial charge in [0.2, 0.25) is 0 Å². The number of phenols is 2. The summed E-state index contributed by atoms with van der Waals surface area (Å²) in [5.74, 6) is -3.32. The standard InChI is InChI=1S/C34H50O8/c1-21-15-23(19-27(29(21)35)33(3,4)5)17-25(31(37)38)9-11-41-13-14-42-12-10-26(32(39)40)18-24-16-22(2)30(36)28(20-24)34(6,7)8/h15-16,19-20,25-26,35-36H,9-14,17-18H2,1-8H3,(H,37,38)(H,39,40)/p-2. The van der Waals surface area contributed by atoms with Gasteiger partial charge in [-0.05, 0) is 83.7 Å². The van der Waals surface area contributed by atoms with E-state index >= 15 is 0 Å². The quantitative estimate of drug-likeness (QED) is 0.303. The summed E-state index contributed by atoms with van der Waals surface area (Å²) in [6.45, 7) is 16.5. The van der Waals surface area contributed by atoms with Crippen LogP contribution in [0.25, 0.3) is 0 Å². The summed E-state index contributed by atoms with van der Waals surface area (Å²) in [6.07, 6.45) is 1.08. The largest absolute Gasteiger partial charge is 0.550 e. The van der Waals surface area contributed by atoms with Gasteiger partial charge in [0.15, 0.2) is 0 Å². The van der Waals surface area contributed by atoms with E-state index in [1.165, 1.54) is 0 Å². The molecule has 0 spiro atoms. The first-order valence-corrected chi connectivity index (χ1v) is 14.6. The smallest absolute Gasteiger partial charge is 0.122 e. The van der Waals surface area contributed by atoms with Gasteiger partial charge >= 0.3 is 0 Å². The van der Waals surface area contributed by atoms with Crippen molar-refractivity contribution in [3.05, 3.63) is 57.6 Å². The maximum atomic E-state index is 11.8. The second kappa shape index (κ2) is 14.9. The zero-order chi connectivity index (χ0) is 31.8. The fourth-order valence-electron chi connectivity index (χ4n) is 5.04. The van der Waals surface area contributed by atoms with Crippen LogP contribution < -0.4 is 10.2 Å². The lowest BCUT2D eigenvalue weighted by Crippen LogP contribution is -2.34. The molecule has 0 fully saturated rings. The van der Waals surface area contributed by atoms with Gasteiger partial charge in [-0.25, -0.2) is 0 Å². The van der Waals surface area contributed by atoms with Gasteiger partial charge in [0, 0.05) is 37.0 Å². The second-order valence-electron chi connectivity index (χ2n) is 13.4. The molecular weight excluding hydrogens is 536 g/mol. The molecule has 0 aliphatic rings. The highest BCUT2D eigenvalue weighted by Crippen LogP contribution is 2.36. The van der Waals surface area contributed by atoms with Gasteiger partial charge < -0.3 is 39.5 Å². The fraction of sp³-hybridized carbons (Fsp3) is 0.588. The fourth-order valence-corrected chi connectivity index (χ4v) is 5.04. The summed E-state index contributed by atoms with van der Waals surface area (Å²) in [7, 11) is 0.